The number of rotatable bonds is 1. The molecule has 38 heavy (non-hydrogen) atoms. The highest BCUT2D eigenvalue weighted by Crippen LogP contribution is 2.50. The third-order valence-electron chi connectivity index (χ3n) is 8.28. The summed E-state index contributed by atoms with van der Waals surface area (Å²) in [6, 6.07) is 39.7. The van der Waals surface area contributed by atoms with Crippen molar-refractivity contribution in [2.45, 2.75) is 12.8 Å². The predicted molar refractivity (Wildman–Crippen MR) is 162 cm³/mol. The van der Waals surface area contributed by atoms with Gasteiger partial charge in [0.25, 0.3) is 0 Å². The van der Waals surface area contributed by atoms with Crippen molar-refractivity contribution >= 4 is 64.1 Å². The van der Waals surface area contributed by atoms with Gasteiger partial charge in [0.1, 0.15) is 5.82 Å². The zero-order valence-corrected chi connectivity index (χ0v) is 21.4. The van der Waals surface area contributed by atoms with Gasteiger partial charge in [-0.1, -0.05) is 84.9 Å². The van der Waals surface area contributed by atoms with E-state index in [0.717, 1.165) is 24.2 Å². The van der Waals surface area contributed by atoms with Gasteiger partial charge in [-0.3, -0.25) is 4.57 Å². The van der Waals surface area contributed by atoms with E-state index in [1.807, 2.05) is 11.3 Å². The normalized spacial score (nSPS) is 13.1. The van der Waals surface area contributed by atoms with E-state index >= 15 is 0 Å². The molecule has 1 aliphatic carbocycles. The van der Waals surface area contributed by atoms with Crippen molar-refractivity contribution in [1.29, 1.82) is 0 Å². The zero-order chi connectivity index (χ0) is 24.8. The lowest BCUT2D eigenvalue weighted by atomic mass is 9.87. The quantitative estimate of drug-likeness (QED) is 0.219. The van der Waals surface area contributed by atoms with Crippen LogP contribution in [0.25, 0.3) is 69.8 Å². The van der Waals surface area contributed by atoms with Crippen LogP contribution in [0.2, 0.25) is 0 Å². The molecule has 0 saturated heterocycles. The van der Waals surface area contributed by atoms with E-state index in [1.165, 1.54) is 69.6 Å². The topological polar surface area (TPSA) is 17.8 Å². The molecule has 5 aromatic carbocycles. The molecule has 1 aliphatic rings. The lowest BCUT2D eigenvalue weighted by molar-refractivity contribution is 0.929. The van der Waals surface area contributed by atoms with Gasteiger partial charge in [-0.25, -0.2) is 4.98 Å². The molecular weight excluding hydrogens is 480 g/mol. The number of para-hydroxylation sites is 1. The highest BCUT2D eigenvalue weighted by Gasteiger charge is 2.29. The van der Waals surface area contributed by atoms with Crippen LogP contribution in [0.1, 0.15) is 11.1 Å². The third kappa shape index (κ3) is 2.64. The van der Waals surface area contributed by atoms with E-state index in [1.54, 1.807) is 0 Å². The van der Waals surface area contributed by atoms with Crippen LogP contribution in [-0.2, 0) is 12.8 Å². The monoisotopic (exact) mass is 502 g/mol. The Morgan fingerprint density at radius 2 is 1.37 bits per heavy atom. The smallest absolute Gasteiger partial charge is 0.138 e. The Hall–Kier alpha value is -4.47. The van der Waals surface area contributed by atoms with Crippen LogP contribution in [-0.4, -0.2) is 9.55 Å². The lowest BCUT2D eigenvalue weighted by Crippen LogP contribution is -2.07. The molecular formula is C35H22N2S. The summed E-state index contributed by atoms with van der Waals surface area (Å²) in [6.07, 6.45) is 2.09. The first-order valence-electron chi connectivity index (χ1n) is 13.2. The molecule has 2 nitrogen and oxygen atoms in total. The summed E-state index contributed by atoms with van der Waals surface area (Å²) in [5.41, 5.74) is 7.83. The second-order valence-corrected chi connectivity index (χ2v) is 11.3. The summed E-state index contributed by atoms with van der Waals surface area (Å²) in [4.78, 5) is 5.26. The van der Waals surface area contributed by atoms with Crippen molar-refractivity contribution < 1.29 is 0 Å². The van der Waals surface area contributed by atoms with E-state index in [4.69, 9.17) is 4.98 Å². The number of pyridine rings is 1. The summed E-state index contributed by atoms with van der Waals surface area (Å²) in [6.45, 7) is 0. The number of nitrogens with zero attached hydrogens (tertiary/aromatic N) is 2. The second kappa shape index (κ2) is 7.53. The van der Waals surface area contributed by atoms with Gasteiger partial charge in [-0.05, 0) is 59.0 Å². The molecule has 0 N–H and O–H groups in total. The maximum Gasteiger partial charge on any atom is 0.138 e. The molecule has 0 radical (unpaired) electrons. The van der Waals surface area contributed by atoms with Crippen molar-refractivity contribution in [3.63, 3.8) is 0 Å². The highest BCUT2D eigenvalue weighted by atomic mass is 32.1. The van der Waals surface area contributed by atoms with Crippen LogP contribution in [0.15, 0.2) is 109 Å². The highest BCUT2D eigenvalue weighted by molar-refractivity contribution is 7.27. The summed E-state index contributed by atoms with van der Waals surface area (Å²) >= 11 is 1.91. The SMILES string of the molecule is c1ccc2c(c1)CCc1c-2n(-c2ccc3ccccc3n2)c2c3sc4ccccc4c3c3ccccc3c12. The molecule has 0 atom stereocenters. The molecule has 3 heteroatoms. The van der Waals surface area contributed by atoms with E-state index in [9.17, 15) is 0 Å². The van der Waals surface area contributed by atoms with Gasteiger partial charge in [0, 0.05) is 31.8 Å². The Morgan fingerprint density at radius 3 is 2.29 bits per heavy atom. The van der Waals surface area contributed by atoms with Crippen molar-refractivity contribution in [2.75, 3.05) is 0 Å². The summed E-state index contributed by atoms with van der Waals surface area (Å²) < 4.78 is 5.17. The van der Waals surface area contributed by atoms with E-state index in [0.29, 0.717) is 0 Å². The van der Waals surface area contributed by atoms with Gasteiger partial charge in [-0.2, -0.15) is 0 Å². The Kier molecular flexibility index (Phi) is 4.08. The zero-order valence-electron chi connectivity index (χ0n) is 20.6. The molecule has 0 spiro atoms. The molecule has 0 fully saturated rings. The minimum Gasteiger partial charge on any atom is -0.292 e. The standard InChI is InChI=1S/C35H22N2S/c1-3-11-23-21(9-1)17-19-27-31-24-12-4-5-13-25(24)32-26-14-6-8-16-29(26)38-35(32)34(31)37(33(23)27)30-20-18-22-10-2-7-15-28(22)36-30/h1-16,18,20H,17,19H2. The minimum atomic E-state index is 0.987. The van der Waals surface area contributed by atoms with Crippen LogP contribution in [0.3, 0.4) is 0 Å². The van der Waals surface area contributed by atoms with Gasteiger partial charge in [0.15, 0.2) is 0 Å². The molecule has 0 saturated carbocycles. The molecule has 9 rings (SSSR count). The number of thiophene rings is 1. The average molecular weight is 503 g/mol. The maximum atomic E-state index is 5.26. The van der Waals surface area contributed by atoms with Crippen LogP contribution in [0, 0.1) is 0 Å². The molecule has 0 amide bonds. The van der Waals surface area contributed by atoms with Crippen molar-refractivity contribution in [3.8, 4) is 17.1 Å². The second-order valence-electron chi connectivity index (χ2n) is 10.3. The van der Waals surface area contributed by atoms with Crippen molar-refractivity contribution in [1.82, 2.24) is 9.55 Å². The van der Waals surface area contributed by atoms with Crippen LogP contribution < -0.4 is 0 Å². The van der Waals surface area contributed by atoms with Gasteiger partial charge >= 0.3 is 0 Å². The Balaban J connectivity index is 1.58. The first-order chi connectivity index (χ1) is 18.9. The summed E-state index contributed by atoms with van der Waals surface area (Å²) in [5.74, 6) is 0.987. The first kappa shape index (κ1) is 20.6. The molecule has 178 valence electrons. The summed E-state index contributed by atoms with van der Waals surface area (Å²) in [7, 11) is 0. The first-order valence-corrected chi connectivity index (χ1v) is 14.0. The number of benzene rings is 5. The van der Waals surface area contributed by atoms with E-state index < -0.39 is 0 Å². The fourth-order valence-electron chi connectivity index (χ4n) is 6.69. The van der Waals surface area contributed by atoms with Crippen LogP contribution in [0.4, 0.5) is 0 Å². The fourth-order valence-corrected chi connectivity index (χ4v) is 7.95. The van der Waals surface area contributed by atoms with E-state index in [-0.39, 0.29) is 0 Å². The minimum absolute atomic E-state index is 0.987. The number of hydrogen-bond acceptors (Lipinski definition) is 2. The number of fused-ring (bicyclic) bond motifs is 13. The van der Waals surface area contributed by atoms with E-state index in [2.05, 4.69) is 114 Å². The largest absolute Gasteiger partial charge is 0.292 e. The average Bonchev–Trinajstić information content (AvgIpc) is 3.54. The van der Waals surface area contributed by atoms with Gasteiger partial charge < -0.3 is 0 Å². The van der Waals surface area contributed by atoms with Gasteiger partial charge in [0.2, 0.25) is 0 Å². The van der Waals surface area contributed by atoms with Crippen molar-refractivity contribution in [3.05, 3.63) is 120 Å². The molecule has 3 aromatic heterocycles. The maximum absolute atomic E-state index is 5.26. The Bertz CT molecular complexity index is 2250. The number of hydrogen-bond donors (Lipinski definition) is 0. The molecule has 3 heterocycles. The summed E-state index contributed by atoms with van der Waals surface area (Å²) in [5, 5.41) is 7.94. The predicted octanol–water partition coefficient (Wildman–Crippen LogP) is 9.47. The molecule has 0 bridgehead atoms. The van der Waals surface area contributed by atoms with Crippen molar-refractivity contribution in [2.24, 2.45) is 0 Å². The third-order valence-corrected chi connectivity index (χ3v) is 9.46. The molecule has 8 aromatic rings. The van der Waals surface area contributed by atoms with Crippen LogP contribution in [0.5, 0.6) is 0 Å². The van der Waals surface area contributed by atoms with Gasteiger partial charge in [-0.15, -0.1) is 11.3 Å². The molecule has 0 aliphatic heterocycles. The van der Waals surface area contributed by atoms with Crippen LogP contribution >= 0.6 is 11.3 Å². The number of aromatic nitrogens is 2. The lowest BCUT2D eigenvalue weighted by Gasteiger charge is -2.20. The Morgan fingerprint density at radius 1 is 0.632 bits per heavy atom. The fraction of sp³-hybridized carbons (Fsp3) is 0.0571. The Labute approximate surface area is 223 Å². The number of aryl methyl sites for hydroxylation is 2. The van der Waals surface area contributed by atoms with Gasteiger partial charge in [0.05, 0.1) is 21.4 Å². The molecule has 0 unspecified atom stereocenters.